The molecule has 1 aliphatic rings. The first kappa shape index (κ1) is 24.5. The summed E-state index contributed by atoms with van der Waals surface area (Å²) in [5, 5.41) is 3.41. The molecular weight excluding hydrogens is 499 g/mol. The first-order valence-electron chi connectivity index (χ1n) is 10.8. The van der Waals surface area contributed by atoms with Crippen molar-refractivity contribution in [2.24, 2.45) is 0 Å². The van der Waals surface area contributed by atoms with Gasteiger partial charge in [0.15, 0.2) is 6.61 Å². The average molecular weight is 526 g/mol. The van der Waals surface area contributed by atoms with Gasteiger partial charge in [0.1, 0.15) is 17.6 Å². The Bertz CT molecular complexity index is 953. The molecule has 0 spiro atoms. The van der Waals surface area contributed by atoms with Crippen molar-refractivity contribution in [3.8, 4) is 5.75 Å². The van der Waals surface area contributed by atoms with Crippen molar-refractivity contribution in [2.75, 3.05) is 6.61 Å². The van der Waals surface area contributed by atoms with Crippen LogP contribution in [0.1, 0.15) is 44.6 Å². The summed E-state index contributed by atoms with van der Waals surface area (Å²) < 4.78 is 20.7. The normalized spacial score (nSPS) is 15.1. The molecule has 2 aromatic carbocycles. The summed E-state index contributed by atoms with van der Waals surface area (Å²) in [7, 11) is 0. The number of amides is 2. The van der Waals surface area contributed by atoms with Crippen LogP contribution in [0.15, 0.2) is 46.9 Å². The molecule has 0 bridgehead atoms. The molecule has 5 nitrogen and oxygen atoms in total. The lowest BCUT2D eigenvalue weighted by molar-refractivity contribution is -0.142. The number of halogens is 3. The van der Waals surface area contributed by atoms with Gasteiger partial charge in [0.2, 0.25) is 5.91 Å². The van der Waals surface area contributed by atoms with E-state index in [1.807, 2.05) is 0 Å². The van der Waals surface area contributed by atoms with Gasteiger partial charge in [-0.05, 0) is 44.0 Å². The summed E-state index contributed by atoms with van der Waals surface area (Å²) in [5.74, 6) is -0.753. The average Bonchev–Trinajstić information content (AvgIpc) is 2.78. The second-order valence-electron chi connectivity index (χ2n) is 8.00. The van der Waals surface area contributed by atoms with Gasteiger partial charge in [-0.15, -0.1) is 0 Å². The van der Waals surface area contributed by atoms with Crippen LogP contribution in [0.2, 0.25) is 5.02 Å². The SMILES string of the molecule is CC(C(=O)NC1CCCCC1)N(Cc1ccccc1F)C(=O)COc1ccc(Br)cc1Cl. The first-order chi connectivity index (χ1) is 15.3. The number of hydrogen-bond donors (Lipinski definition) is 1. The number of carbonyl (C=O) groups is 2. The maximum Gasteiger partial charge on any atom is 0.261 e. The van der Waals surface area contributed by atoms with Crippen LogP contribution < -0.4 is 10.1 Å². The second kappa shape index (κ2) is 11.7. The van der Waals surface area contributed by atoms with E-state index in [0.717, 1.165) is 30.2 Å². The third kappa shape index (κ3) is 6.69. The van der Waals surface area contributed by atoms with E-state index in [9.17, 15) is 14.0 Å². The summed E-state index contributed by atoms with van der Waals surface area (Å²) in [6.07, 6.45) is 5.21. The van der Waals surface area contributed by atoms with Crippen LogP contribution in [0, 0.1) is 5.82 Å². The Labute approximate surface area is 201 Å². The summed E-state index contributed by atoms with van der Waals surface area (Å²) >= 11 is 9.49. The van der Waals surface area contributed by atoms with Crippen LogP contribution in [0.5, 0.6) is 5.75 Å². The highest BCUT2D eigenvalue weighted by molar-refractivity contribution is 9.10. The molecule has 0 aromatic heterocycles. The van der Waals surface area contributed by atoms with Gasteiger partial charge in [-0.1, -0.05) is 65.0 Å². The minimum atomic E-state index is -0.784. The molecule has 0 heterocycles. The molecule has 0 radical (unpaired) electrons. The molecule has 172 valence electrons. The van der Waals surface area contributed by atoms with E-state index in [2.05, 4.69) is 21.2 Å². The number of nitrogens with zero attached hydrogens (tertiary/aromatic N) is 1. The number of ether oxygens (including phenoxy) is 1. The van der Waals surface area contributed by atoms with Gasteiger partial charge >= 0.3 is 0 Å². The number of nitrogens with one attached hydrogen (secondary N) is 1. The van der Waals surface area contributed by atoms with Crippen molar-refractivity contribution in [1.82, 2.24) is 10.2 Å². The molecule has 32 heavy (non-hydrogen) atoms. The molecule has 0 aliphatic heterocycles. The third-order valence-corrected chi connectivity index (χ3v) is 6.45. The van der Waals surface area contributed by atoms with E-state index < -0.39 is 17.8 Å². The van der Waals surface area contributed by atoms with E-state index in [0.29, 0.717) is 16.3 Å². The Morgan fingerprint density at radius 2 is 1.94 bits per heavy atom. The molecule has 2 amide bonds. The quantitative estimate of drug-likeness (QED) is 0.496. The zero-order valence-electron chi connectivity index (χ0n) is 18.0. The third-order valence-electron chi connectivity index (χ3n) is 5.66. The lowest BCUT2D eigenvalue weighted by Crippen LogP contribution is -2.51. The van der Waals surface area contributed by atoms with Crippen molar-refractivity contribution in [1.29, 1.82) is 0 Å². The summed E-state index contributed by atoms with van der Waals surface area (Å²) in [6.45, 7) is 1.29. The zero-order chi connectivity index (χ0) is 23.1. The van der Waals surface area contributed by atoms with Crippen LogP contribution >= 0.6 is 27.5 Å². The predicted molar refractivity (Wildman–Crippen MR) is 126 cm³/mol. The van der Waals surface area contributed by atoms with Crippen LogP contribution in [-0.2, 0) is 16.1 Å². The Morgan fingerprint density at radius 3 is 2.62 bits per heavy atom. The second-order valence-corrected chi connectivity index (χ2v) is 9.32. The Balaban J connectivity index is 1.73. The van der Waals surface area contributed by atoms with Crippen molar-refractivity contribution >= 4 is 39.3 Å². The molecule has 8 heteroatoms. The van der Waals surface area contributed by atoms with Crippen molar-refractivity contribution in [3.05, 3.63) is 63.3 Å². The molecule has 2 aromatic rings. The fourth-order valence-electron chi connectivity index (χ4n) is 3.78. The maximum absolute atomic E-state index is 14.3. The number of benzene rings is 2. The van der Waals surface area contributed by atoms with Crippen molar-refractivity contribution < 1.29 is 18.7 Å². The Hall–Kier alpha value is -2.12. The van der Waals surface area contributed by atoms with E-state index in [1.165, 1.54) is 17.4 Å². The summed E-state index contributed by atoms with van der Waals surface area (Å²) in [6, 6.07) is 10.6. The number of carbonyl (C=O) groups excluding carboxylic acids is 2. The van der Waals surface area contributed by atoms with E-state index in [1.54, 1.807) is 43.3 Å². The summed E-state index contributed by atoms with van der Waals surface area (Å²) in [4.78, 5) is 27.4. The fourth-order valence-corrected chi connectivity index (χ4v) is 4.50. The van der Waals surface area contributed by atoms with Crippen LogP contribution in [0.3, 0.4) is 0 Å². The largest absolute Gasteiger partial charge is 0.482 e. The molecule has 1 atom stereocenters. The van der Waals surface area contributed by atoms with Crippen LogP contribution in [0.25, 0.3) is 0 Å². The molecule has 1 aliphatic carbocycles. The van der Waals surface area contributed by atoms with Crippen molar-refractivity contribution in [3.63, 3.8) is 0 Å². The van der Waals surface area contributed by atoms with Gasteiger partial charge in [0.05, 0.1) is 5.02 Å². The molecule has 1 saturated carbocycles. The zero-order valence-corrected chi connectivity index (χ0v) is 20.3. The number of hydrogen-bond acceptors (Lipinski definition) is 3. The topological polar surface area (TPSA) is 58.6 Å². The van der Waals surface area contributed by atoms with Gasteiger partial charge < -0.3 is 15.0 Å². The van der Waals surface area contributed by atoms with Gasteiger partial charge in [0.25, 0.3) is 5.91 Å². The first-order valence-corrected chi connectivity index (χ1v) is 11.9. The Morgan fingerprint density at radius 1 is 1.22 bits per heavy atom. The van der Waals surface area contributed by atoms with E-state index >= 15 is 0 Å². The van der Waals surface area contributed by atoms with E-state index in [-0.39, 0.29) is 25.1 Å². The number of rotatable bonds is 8. The van der Waals surface area contributed by atoms with E-state index in [4.69, 9.17) is 16.3 Å². The standard InChI is InChI=1S/C24H27BrClFN2O3/c1-16(24(31)28-19-8-3-2-4-9-19)29(14-17-7-5-6-10-21(17)27)23(30)15-32-22-12-11-18(25)13-20(22)26/h5-7,10-13,16,19H,2-4,8-9,14-15H2,1H3,(H,28,31). The maximum atomic E-state index is 14.3. The van der Waals surface area contributed by atoms with Crippen LogP contribution in [-0.4, -0.2) is 35.4 Å². The monoisotopic (exact) mass is 524 g/mol. The highest BCUT2D eigenvalue weighted by atomic mass is 79.9. The van der Waals surface area contributed by atoms with Gasteiger partial charge in [-0.2, -0.15) is 0 Å². The van der Waals surface area contributed by atoms with Crippen molar-refractivity contribution in [2.45, 2.75) is 57.7 Å². The van der Waals surface area contributed by atoms with Crippen LogP contribution in [0.4, 0.5) is 4.39 Å². The molecule has 1 unspecified atom stereocenters. The molecular formula is C24H27BrClFN2O3. The highest BCUT2D eigenvalue weighted by Gasteiger charge is 2.29. The molecule has 3 rings (SSSR count). The summed E-state index contributed by atoms with van der Waals surface area (Å²) in [5.41, 5.74) is 0.333. The minimum Gasteiger partial charge on any atom is -0.482 e. The highest BCUT2D eigenvalue weighted by Crippen LogP contribution is 2.28. The fraction of sp³-hybridized carbons (Fsp3) is 0.417. The molecule has 1 fully saturated rings. The van der Waals surface area contributed by atoms with Gasteiger partial charge in [-0.3, -0.25) is 9.59 Å². The lowest BCUT2D eigenvalue weighted by Gasteiger charge is -2.31. The molecule has 0 saturated heterocycles. The predicted octanol–water partition coefficient (Wildman–Crippen LogP) is 5.49. The minimum absolute atomic E-state index is 0.0395. The van der Waals surface area contributed by atoms with Gasteiger partial charge in [-0.25, -0.2) is 4.39 Å². The van der Waals surface area contributed by atoms with Gasteiger partial charge in [0, 0.05) is 22.6 Å². The smallest absolute Gasteiger partial charge is 0.261 e. The Kier molecular flexibility index (Phi) is 8.93. The lowest BCUT2D eigenvalue weighted by atomic mass is 9.95. The molecule has 1 N–H and O–H groups in total.